The quantitative estimate of drug-likeness (QED) is 0.489. The summed E-state index contributed by atoms with van der Waals surface area (Å²) in [5, 5.41) is 11.2. The van der Waals surface area contributed by atoms with Crippen LogP contribution in [0.1, 0.15) is 27.0 Å². The maximum absolute atomic E-state index is 12.9. The summed E-state index contributed by atoms with van der Waals surface area (Å²) in [6.45, 7) is 0. The van der Waals surface area contributed by atoms with Gasteiger partial charge in [0.1, 0.15) is 10.6 Å². The number of pyridine rings is 1. The van der Waals surface area contributed by atoms with E-state index < -0.39 is 47.0 Å². The fourth-order valence-electron chi connectivity index (χ4n) is 2.32. The predicted octanol–water partition coefficient (Wildman–Crippen LogP) is 4.31. The van der Waals surface area contributed by atoms with Crippen LogP contribution in [0.15, 0.2) is 41.1 Å². The van der Waals surface area contributed by atoms with Gasteiger partial charge >= 0.3 is 18.3 Å². The number of hydrogen-bond acceptors (Lipinski definition) is 3. The van der Waals surface area contributed by atoms with Crippen molar-refractivity contribution in [2.24, 2.45) is 0 Å². The summed E-state index contributed by atoms with van der Waals surface area (Å²) in [6.07, 6.45) is -9.17. The van der Waals surface area contributed by atoms with Crippen LogP contribution in [0.4, 0.5) is 26.3 Å². The Labute approximate surface area is 167 Å². The van der Waals surface area contributed by atoms with Crippen molar-refractivity contribution in [1.82, 2.24) is 10.3 Å². The van der Waals surface area contributed by atoms with Gasteiger partial charge in [0.2, 0.25) is 0 Å². The minimum absolute atomic E-state index is 0.127. The van der Waals surface area contributed by atoms with E-state index in [1.54, 1.807) is 0 Å². The molecule has 0 bridgehead atoms. The van der Waals surface area contributed by atoms with Crippen LogP contribution in [0.3, 0.4) is 0 Å². The first-order valence-corrected chi connectivity index (χ1v) is 8.51. The van der Waals surface area contributed by atoms with E-state index in [4.69, 9.17) is 0 Å². The van der Waals surface area contributed by atoms with Gasteiger partial charge in [-0.15, -0.1) is 0 Å². The van der Waals surface area contributed by atoms with Crippen molar-refractivity contribution in [1.29, 1.82) is 0 Å². The molecule has 0 saturated heterocycles. The highest BCUT2D eigenvalue weighted by Gasteiger charge is 2.37. The summed E-state index contributed by atoms with van der Waals surface area (Å²) < 4.78 is 77.8. The zero-order valence-corrected chi connectivity index (χ0v) is 15.7. The molecule has 0 radical (unpaired) electrons. The Bertz CT molecular complexity index is 898. The number of aliphatic carboxylic acids is 1. The molecule has 1 aromatic heterocycles. The summed E-state index contributed by atoms with van der Waals surface area (Å²) in [5.41, 5.74) is -3.97. The molecule has 1 amide bonds. The number of nitrogens with one attached hydrogen (secondary N) is 1. The molecule has 0 spiro atoms. The largest absolute Gasteiger partial charge is 0.480 e. The molecule has 2 rings (SSSR count). The second-order valence-corrected chi connectivity index (χ2v) is 6.57. The summed E-state index contributed by atoms with van der Waals surface area (Å²) in [4.78, 5) is 27.5. The molecule has 12 heteroatoms. The highest BCUT2D eigenvalue weighted by atomic mass is 79.9. The standard InChI is InChI=1S/C17H11BrF6N2O3/c18-13-8(2-1-3-25-13)6-12(15(28)29)26-14(27)9-4-10(16(19,20)21)7-11(5-9)17(22,23)24/h1-5,7,12H,6H2,(H,26,27)(H,28,29)/t12-/m0/s1. The molecule has 1 atom stereocenters. The Hall–Kier alpha value is -2.63. The summed E-state index contributed by atoms with van der Waals surface area (Å²) >= 11 is 3.08. The molecular formula is C17H11BrF6N2O3. The van der Waals surface area contributed by atoms with Crippen molar-refractivity contribution in [3.8, 4) is 0 Å². The van der Waals surface area contributed by atoms with Gasteiger partial charge in [-0.25, -0.2) is 9.78 Å². The third-order valence-corrected chi connectivity index (χ3v) is 4.43. The van der Waals surface area contributed by atoms with E-state index in [0.29, 0.717) is 5.56 Å². The minimum atomic E-state index is -5.14. The number of benzene rings is 1. The Morgan fingerprint density at radius 2 is 1.62 bits per heavy atom. The van der Waals surface area contributed by atoms with Crippen molar-refractivity contribution >= 4 is 27.8 Å². The van der Waals surface area contributed by atoms with Crippen LogP contribution in [-0.2, 0) is 23.6 Å². The molecule has 0 saturated carbocycles. The number of halogens is 7. The number of nitrogens with zero attached hydrogens (tertiary/aromatic N) is 1. The molecule has 2 N–H and O–H groups in total. The van der Waals surface area contributed by atoms with Crippen LogP contribution in [0, 0.1) is 0 Å². The monoisotopic (exact) mass is 484 g/mol. The van der Waals surface area contributed by atoms with Gasteiger partial charge in [-0.2, -0.15) is 26.3 Å². The molecule has 1 aromatic carbocycles. The molecule has 29 heavy (non-hydrogen) atoms. The van der Waals surface area contributed by atoms with E-state index in [1.165, 1.54) is 18.3 Å². The van der Waals surface area contributed by atoms with Crippen LogP contribution in [0.2, 0.25) is 0 Å². The normalized spacial score (nSPS) is 13.1. The van der Waals surface area contributed by atoms with Crippen molar-refractivity contribution in [3.63, 3.8) is 0 Å². The Kier molecular flexibility index (Phi) is 6.56. The van der Waals surface area contributed by atoms with E-state index in [-0.39, 0.29) is 29.2 Å². The second-order valence-electron chi connectivity index (χ2n) is 5.82. The van der Waals surface area contributed by atoms with Crippen LogP contribution in [0.5, 0.6) is 0 Å². The maximum Gasteiger partial charge on any atom is 0.416 e. The van der Waals surface area contributed by atoms with E-state index in [0.717, 1.165) is 0 Å². The number of alkyl halides is 6. The fourth-order valence-corrected chi connectivity index (χ4v) is 2.73. The molecule has 156 valence electrons. The van der Waals surface area contributed by atoms with Gasteiger partial charge < -0.3 is 10.4 Å². The van der Waals surface area contributed by atoms with Gasteiger partial charge in [-0.05, 0) is 45.8 Å². The maximum atomic E-state index is 12.9. The molecule has 1 heterocycles. The summed E-state index contributed by atoms with van der Waals surface area (Å²) in [5.74, 6) is -2.92. The van der Waals surface area contributed by atoms with E-state index in [1.807, 2.05) is 5.32 Å². The number of hydrogen-bond donors (Lipinski definition) is 2. The van der Waals surface area contributed by atoms with Gasteiger partial charge in [0.05, 0.1) is 11.1 Å². The first-order chi connectivity index (χ1) is 13.3. The Morgan fingerprint density at radius 1 is 1.07 bits per heavy atom. The van der Waals surface area contributed by atoms with Crippen LogP contribution >= 0.6 is 15.9 Å². The lowest BCUT2D eigenvalue weighted by atomic mass is 10.0. The lowest BCUT2D eigenvalue weighted by Crippen LogP contribution is -2.42. The van der Waals surface area contributed by atoms with Gasteiger partial charge in [0.25, 0.3) is 5.91 Å². The lowest BCUT2D eigenvalue weighted by Gasteiger charge is -2.17. The number of aromatic nitrogens is 1. The Morgan fingerprint density at radius 3 is 2.07 bits per heavy atom. The van der Waals surface area contributed by atoms with Crippen molar-refractivity contribution < 1.29 is 41.0 Å². The molecule has 5 nitrogen and oxygen atoms in total. The van der Waals surface area contributed by atoms with Gasteiger partial charge in [0.15, 0.2) is 0 Å². The van der Waals surface area contributed by atoms with Crippen molar-refractivity contribution in [3.05, 3.63) is 63.4 Å². The molecular weight excluding hydrogens is 474 g/mol. The minimum Gasteiger partial charge on any atom is -0.480 e. The molecule has 0 aliphatic carbocycles. The fraction of sp³-hybridized carbons (Fsp3) is 0.235. The van der Waals surface area contributed by atoms with Crippen molar-refractivity contribution in [2.45, 2.75) is 24.8 Å². The molecule has 0 unspecified atom stereocenters. The average molecular weight is 485 g/mol. The third-order valence-electron chi connectivity index (χ3n) is 3.71. The van der Waals surface area contributed by atoms with Gasteiger partial charge in [0, 0.05) is 18.2 Å². The predicted molar refractivity (Wildman–Crippen MR) is 91.0 cm³/mol. The lowest BCUT2D eigenvalue weighted by molar-refractivity contribution is -0.143. The zero-order valence-electron chi connectivity index (χ0n) is 14.1. The average Bonchev–Trinajstić information content (AvgIpc) is 2.60. The van der Waals surface area contributed by atoms with E-state index in [2.05, 4.69) is 20.9 Å². The van der Waals surface area contributed by atoms with Crippen molar-refractivity contribution in [2.75, 3.05) is 0 Å². The van der Waals surface area contributed by atoms with Gasteiger partial charge in [-0.3, -0.25) is 4.79 Å². The van der Waals surface area contributed by atoms with Crippen LogP contribution < -0.4 is 5.32 Å². The zero-order chi connectivity index (χ0) is 22.0. The highest BCUT2D eigenvalue weighted by molar-refractivity contribution is 9.10. The number of carboxylic acids is 1. The Balaban J connectivity index is 2.36. The molecule has 2 aromatic rings. The summed E-state index contributed by atoms with van der Waals surface area (Å²) in [7, 11) is 0. The number of amides is 1. The van der Waals surface area contributed by atoms with E-state index in [9.17, 15) is 41.0 Å². The topological polar surface area (TPSA) is 79.3 Å². The third kappa shape index (κ3) is 5.92. The highest BCUT2D eigenvalue weighted by Crippen LogP contribution is 2.36. The summed E-state index contributed by atoms with van der Waals surface area (Å²) in [6, 6.07) is 1.69. The van der Waals surface area contributed by atoms with Crippen LogP contribution in [0.25, 0.3) is 0 Å². The number of carbonyl (C=O) groups excluding carboxylic acids is 1. The first-order valence-electron chi connectivity index (χ1n) is 7.71. The SMILES string of the molecule is O=C(N[C@@H](Cc1cccnc1Br)C(=O)O)c1cc(C(F)(F)F)cc(C(F)(F)F)c1. The smallest absolute Gasteiger partial charge is 0.416 e. The van der Waals surface area contributed by atoms with Crippen LogP contribution in [-0.4, -0.2) is 28.0 Å². The number of carbonyl (C=O) groups is 2. The van der Waals surface area contributed by atoms with E-state index >= 15 is 0 Å². The molecule has 0 aliphatic rings. The van der Waals surface area contributed by atoms with Gasteiger partial charge in [-0.1, -0.05) is 6.07 Å². The number of rotatable bonds is 5. The first kappa shape index (κ1) is 22.7. The molecule has 0 aliphatic heterocycles. The molecule has 0 fully saturated rings. The second kappa shape index (κ2) is 8.39. The number of carboxylic acid groups (broad SMARTS) is 1.